The number of pyridine rings is 2. The molecule has 0 saturated carbocycles. The fraction of sp³-hybridized carbons (Fsp3) is 0.105. The highest BCUT2D eigenvalue weighted by molar-refractivity contribution is 9.10. The second-order valence-electron chi connectivity index (χ2n) is 5.56. The first-order valence-corrected chi connectivity index (χ1v) is 8.57. The van der Waals surface area contributed by atoms with Crippen LogP contribution in [-0.4, -0.2) is 15.9 Å². The van der Waals surface area contributed by atoms with Crippen LogP contribution in [0.5, 0.6) is 0 Å². The molecule has 0 atom stereocenters. The van der Waals surface area contributed by atoms with Crippen LogP contribution in [-0.2, 0) is 6.54 Å². The number of aromatic nitrogens is 2. The molecule has 2 aromatic heterocycles. The average Bonchev–Trinajstić information content (AvgIpc) is 2.64. The van der Waals surface area contributed by atoms with Crippen molar-refractivity contribution >= 4 is 33.3 Å². The van der Waals surface area contributed by atoms with E-state index >= 15 is 0 Å². The molecule has 0 bridgehead atoms. The number of hydrogen-bond donors (Lipinski definition) is 2. The normalized spacial score (nSPS) is 10.3. The second kappa shape index (κ2) is 7.90. The van der Waals surface area contributed by atoms with Gasteiger partial charge in [-0.15, -0.1) is 0 Å². The highest BCUT2D eigenvalue weighted by Crippen LogP contribution is 2.22. The van der Waals surface area contributed by atoms with Gasteiger partial charge in [0.15, 0.2) is 0 Å². The summed E-state index contributed by atoms with van der Waals surface area (Å²) in [5.74, 6) is 0.530. The molecule has 5 nitrogen and oxygen atoms in total. The Morgan fingerprint density at radius 3 is 2.60 bits per heavy atom. The quantitative estimate of drug-likeness (QED) is 0.677. The number of aryl methyl sites for hydroxylation is 1. The zero-order valence-corrected chi connectivity index (χ0v) is 15.2. The largest absolute Gasteiger partial charge is 0.348 e. The zero-order valence-electron chi connectivity index (χ0n) is 13.7. The number of rotatable bonds is 5. The third-order valence-corrected chi connectivity index (χ3v) is 4.55. The molecule has 0 aliphatic rings. The van der Waals surface area contributed by atoms with E-state index in [0.717, 1.165) is 21.3 Å². The fourth-order valence-corrected chi connectivity index (χ4v) is 2.50. The Kier molecular flexibility index (Phi) is 5.40. The first kappa shape index (κ1) is 17.1. The Hall–Kier alpha value is -2.73. The molecule has 1 amide bonds. The Morgan fingerprint density at radius 1 is 1.12 bits per heavy atom. The van der Waals surface area contributed by atoms with Gasteiger partial charge in [-0.3, -0.25) is 9.78 Å². The van der Waals surface area contributed by atoms with E-state index in [1.54, 1.807) is 30.7 Å². The van der Waals surface area contributed by atoms with Crippen molar-refractivity contribution < 1.29 is 4.79 Å². The van der Waals surface area contributed by atoms with Gasteiger partial charge in [-0.25, -0.2) is 4.98 Å². The van der Waals surface area contributed by atoms with E-state index in [-0.39, 0.29) is 5.91 Å². The molecule has 0 spiro atoms. The van der Waals surface area contributed by atoms with Crippen molar-refractivity contribution in [2.24, 2.45) is 0 Å². The molecule has 0 saturated heterocycles. The Balaban J connectivity index is 1.61. The van der Waals surface area contributed by atoms with E-state index in [0.29, 0.717) is 17.9 Å². The van der Waals surface area contributed by atoms with Crippen molar-refractivity contribution in [3.63, 3.8) is 0 Å². The van der Waals surface area contributed by atoms with Gasteiger partial charge < -0.3 is 10.6 Å². The third-order valence-electron chi connectivity index (χ3n) is 3.66. The van der Waals surface area contributed by atoms with Crippen LogP contribution in [0, 0.1) is 6.92 Å². The Bertz CT molecular complexity index is 866. The van der Waals surface area contributed by atoms with E-state index in [1.165, 1.54) is 0 Å². The molecule has 1 aromatic carbocycles. The minimum absolute atomic E-state index is 0.157. The molecule has 6 heteroatoms. The molecule has 0 unspecified atom stereocenters. The summed E-state index contributed by atoms with van der Waals surface area (Å²) in [5.41, 5.74) is 3.60. The lowest BCUT2D eigenvalue weighted by atomic mass is 10.2. The molecule has 0 radical (unpaired) electrons. The van der Waals surface area contributed by atoms with Crippen LogP contribution in [0.1, 0.15) is 21.5 Å². The summed E-state index contributed by atoms with van der Waals surface area (Å²) in [7, 11) is 0. The van der Waals surface area contributed by atoms with Crippen LogP contribution in [0.3, 0.4) is 0 Å². The SMILES string of the molecule is Cc1cc(Nc2ccc(C(=O)NCc3ccncc3)cn2)ccc1Br. The molecule has 0 aliphatic heterocycles. The highest BCUT2D eigenvalue weighted by atomic mass is 79.9. The molecular weight excluding hydrogens is 380 g/mol. The number of nitrogens with one attached hydrogen (secondary N) is 2. The molecular formula is C19H17BrN4O. The van der Waals surface area contributed by atoms with Gasteiger partial charge in [0.2, 0.25) is 0 Å². The Morgan fingerprint density at radius 2 is 1.92 bits per heavy atom. The van der Waals surface area contributed by atoms with Crippen molar-refractivity contribution in [2.75, 3.05) is 5.32 Å². The molecule has 0 aliphatic carbocycles. The minimum atomic E-state index is -0.157. The van der Waals surface area contributed by atoms with Crippen molar-refractivity contribution in [3.8, 4) is 0 Å². The van der Waals surface area contributed by atoms with E-state index in [4.69, 9.17) is 0 Å². The van der Waals surface area contributed by atoms with Gasteiger partial charge in [-0.05, 0) is 60.5 Å². The van der Waals surface area contributed by atoms with Gasteiger partial charge in [-0.1, -0.05) is 15.9 Å². The predicted molar refractivity (Wildman–Crippen MR) is 102 cm³/mol. The topological polar surface area (TPSA) is 66.9 Å². The van der Waals surface area contributed by atoms with Crippen LogP contribution in [0.15, 0.2) is 65.5 Å². The maximum Gasteiger partial charge on any atom is 0.253 e. The van der Waals surface area contributed by atoms with Crippen LogP contribution in [0.25, 0.3) is 0 Å². The molecule has 126 valence electrons. The van der Waals surface area contributed by atoms with E-state index in [1.807, 2.05) is 37.3 Å². The smallest absolute Gasteiger partial charge is 0.253 e. The first-order chi connectivity index (χ1) is 12.1. The first-order valence-electron chi connectivity index (χ1n) is 7.78. The van der Waals surface area contributed by atoms with Gasteiger partial charge in [0, 0.05) is 35.3 Å². The van der Waals surface area contributed by atoms with Gasteiger partial charge in [0.05, 0.1) is 5.56 Å². The van der Waals surface area contributed by atoms with Crippen LogP contribution in [0.2, 0.25) is 0 Å². The van der Waals surface area contributed by atoms with Crippen LogP contribution < -0.4 is 10.6 Å². The van der Waals surface area contributed by atoms with Crippen molar-refractivity contribution in [1.29, 1.82) is 0 Å². The van der Waals surface area contributed by atoms with Gasteiger partial charge in [-0.2, -0.15) is 0 Å². The monoisotopic (exact) mass is 396 g/mol. The predicted octanol–water partition coefficient (Wildman–Crippen LogP) is 4.22. The van der Waals surface area contributed by atoms with Crippen LogP contribution >= 0.6 is 15.9 Å². The average molecular weight is 397 g/mol. The van der Waals surface area contributed by atoms with Crippen molar-refractivity contribution in [3.05, 3.63) is 82.2 Å². The van der Waals surface area contributed by atoms with Gasteiger partial charge in [0.1, 0.15) is 5.82 Å². The minimum Gasteiger partial charge on any atom is -0.348 e. The summed E-state index contributed by atoms with van der Waals surface area (Å²) in [6.07, 6.45) is 4.97. The number of halogens is 1. The number of amides is 1. The number of hydrogen-bond acceptors (Lipinski definition) is 4. The summed E-state index contributed by atoms with van der Waals surface area (Å²) < 4.78 is 1.06. The summed E-state index contributed by atoms with van der Waals surface area (Å²) in [6.45, 7) is 2.48. The summed E-state index contributed by atoms with van der Waals surface area (Å²) in [6, 6.07) is 13.3. The van der Waals surface area contributed by atoms with Crippen molar-refractivity contribution in [1.82, 2.24) is 15.3 Å². The summed E-state index contributed by atoms with van der Waals surface area (Å²) in [5, 5.41) is 6.09. The van der Waals surface area contributed by atoms with E-state index < -0.39 is 0 Å². The molecule has 2 heterocycles. The van der Waals surface area contributed by atoms with E-state index in [9.17, 15) is 4.79 Å². The third kappa shape index (κ3) is 4.64. The maximum absolute atomic E-state index is 12.2. The highest BCUT2D eigenvalue weighted by Gasteiger charge is 2.06. The number of carbonyl (C=O) groups excluding carboxylic acids is 1. The second-order valence-corrected chi connectivity index (χ2v) is 6.41. The maximum atomic E-state index is 12.2. The summed E-state index contributed by atoms with van der Waals surface area (Å²) >= 11 is 3.48. The zero-order chi connectivity index (χ0) is 17.6. The molecule has 0 fully saturated rings. The standard InChI is InChI=1S/C19H17BrN4O/c1-13-10-16(3-4-17(13)20)24-18-5-2-15(12-22-18)19(25)23-11-14-6-8-21-9-7-14/h2-10,12H,11H2,1H3,(H,22,24)(H,23,25). The number of carbonyl (C=O) groups is 1. The summed E-state index contributed by atoms with van der Waals surface area (Å²) in [4.78, 5) is 20.4. The Labute approximate surface area is 154 Å². The number of anilines is 2. The van der Waals surface area contributed by atoms with Crippen molar-refractivity contribution in [2.45, 2.75) is 13.5 Å². The van der Waals surface area contributed by atoms with Gasteiger partial charge >= 0.3 is 0 Å². The van der Waals surface area contributed by atoms with E-state index in [2.05, 4.69) is 36.5 Å². The molecule has 25 heavy (non-hydrogen) atoms. The lowest BCUT2D eigenvalue weighted by Gasteiger charge is -2.09. The molecule has 2 N–H and O–H groups in total. The van der Waals surface area contributed by atoms with Gasteiger partial charge in [0.25, 0.3) is 5.91 Å². The lowest BCUT2D eigenvalue weighted by molar-refractivity contribution is 0.0950. The lowest BCUT2D eigenvalue weighted by Crippen LogP contribution is -2.22. The molecule has 3 rings (SSSR count). The number of benzene rings is 1. The fourth-order valence-electron chi connectivity index (χ4n) is 2.26. The van der Waals surface area contributed by atoms with Crippen LogP contribution in [0.4, 0.5) is 11.5 Å². The molecule has 3 aromatic rings. The number of nitrogens with zero attached hydrogens (tertiary/aromatic N) is 2.